The predicted molar refractivity (Wildman–Crippen MR) is 62.0 cm³/mol. The minimum absolute atomic E-state index is 0.00572. The van der Waals surface area contributed by atoms with Gasteiger partial charge in [-0.3, -0.25) is 0 Å². The summed E-state index contributed by atoms with van der Waals surface area (Å²) >= 11 is 0. The molecule has 1 heterocycles. The maximum absolute atomic E-state index is 9.56. The highest BCUT2D eigenvalue weighted by Gasteiger charge is 2.26. The van der Waals surface area contributed by atoms with Crippen LogP contribution in [0.1, 0.15) is 46.0 Å². The second kappa shape index (κ2) is 7.20. The second-order valence-electron chi connectivity index (χ2n) is 4.56. The van der Waals surface area contributed by atoms with E-state index in [1.807, 2.05) is 0 Å². The molecule has 0 amide bonds. The van der Waals surface area contributed by atoms with Crippen LogP contribution >= 0.6 is 0 Å². The fraction of sp³-hybridized carbons (Fsp3) is 1.00. The van der Waals surface area contributed by atoms with E-state index in [9.17, 15) is 5.11 Å². The molecule has 2 N–H and O–H groups in total. The third-order valence-electron chi connectivity index (χ3n) is 3.00. The largest absolute Gasteiger partial charge is 0.389 e. The zero-order valence-corrected chi connectivity index (χ0v) is 10.0. The molecule has 0 saturated carbocycles. The number of hydrogen-bond donors (Lipinski definition) is 2. The zero-order valence-electron chi connectivity index (χ0n) is 10.0. The highest BCUT2D eigenvalue weighted by Crippen LogP contribution is 2.13. The summed E-state index contributed by atoms with van der Waals surface area (Å²) in [6, 6.07) is 0. The molecule has 3 nitrogen and oxygen atoms in total. The Balaban J connectivity index is 2.04. The lowest BCUT2D eigenvalue weighted by Gasteiger charge is -2.20. The molecule has 0 aromatic heterocycles. The molecule has 3 unspecified atom stereocenters. The molecule has 15 heavy (non-hydrogen) atoms. The quantitative estimate of drug-likeness (QED) is 0.635. The van der Waals surface area contributed by atoms with E-state index in [0.29, 0.717) is 6.54 Å². The van der Waals surface area contributed by atoms with E-state index in [4.69, 9.17) is 4.74 Å². The maximum Gasteiger partial charge on any atom is 0.0973 e. The zero-order chi connectivity index (χ0) is 11.1. The van der Waals surface area contributed by atoms with Crippen molar-refractivity contribution >= 4 is 0 Å². The number of aliphatic hydroxyl groups excluding tert-OH is 1. The topological polar surface area (TPSA) is 41.5 Å². The lowest BCUT2D eigenvalue weighted by atomic mass is 10.1. The normalized spacial score (nSPS) is 28.2. The lowest BCUT2D eigenvalue weighted by Crippen LogP contribution is -2.30. The van der Waals surface area contributed by atoms with Crippen molar-refractivity contribution in [3.63, 3.8) is 0 Å². The number of nitrogens with one attached hydrogen (secondary N) is 1. The summed E-state index contributed by atoms with van der Waals surface area (Å²) in [5.41, 5.74) is 0. The molecule has 0 aliphatic carbocycles. The van der Waals surface area contributed by atoms with Crippen LogP contribution in [0, 0.1) is 0 Å². The van der Waals surface area contributed by atoms with E-state index in [2.05, 4.69) is 19.2 Å². The van der Waals surface area contributed by atoms with E-state index in [1.54, 1.807) is 0 Å². The molecule has 0 radical (unpaired) electrons. The van der Waals surface area contributed by atoms with Gasteiger partial charge in [-0.15, -0.1) is 0 Å². The molecule has 1 rings (SSSR count). The number of β-amino-alcohol motifs (C(OH)–C–C–N with tert-alkyl or cyclic N) is 1. The van der Waals surface area contributed by atoms with Crippen LogP contribution in [0.15, 0.2) is 0 Å². The summed E-state index contributed by atoms with van der Waals surface area (Å²) in [4.78, 5) is 0. The van der Waals surface area contributed by atoms with E-state index in [-0.39, 0.29) is 18.3 Å². The van der Waals surface area contributed by atoms with Gasteiger partial charge in [-0.05, 0) is 13.3 Å². The van der Waals surface area contributed by atoms with Gasteiger partial charge in [-0.1, -0.05) is 32.6 Å². The van der Waals surface area contributed by atoms with Gasteiger partial charge in [0.1, 0.15) is 0 Å². The molecule has 3 heteroatoms. The van der Waals surface area contributed by atoms with Crippen LogP contribution in [0.2, 0.25) is 0 Å². The van der Waals surface area contributed by atoms with Crippen LogP contribution in [0.5, 0.6) is 0 Å². The highest BCUT2D eigenvalue weighted by atomic mass is 16.5. The van der Waals surface area contributed by atoms with Gasteiger partial charge in [0.05, 0.1) is 18.3 Å². The van der Waals surface area contributed by atoms with Gasteiger partial charge >= 0.3 is 0 Å². The molecular weight excluding hydrogens is 190 g/mol. The Morgan fingerprint density at radius 2 is 2.13 bits per heavy atom. The molecule has 90 valence electrons. The average Bonchev–Trinajstić information content (AvgIpc) is 2.59. The monoisotopic (exact) mass is 215 g/mol. The maximum atomic E-state index is 9.56. The molecule has 0 bridgehead atoms. The minimum atomic E-state index is -0.317. The third-order valence-corrected chi connectivity index (χ3v) is 3.00. The average molecular weight is 215 g/mol. The Hall–Kier alpha value is -0.120. The number of aliphatic hydroxyl groups is 1. The first-order valence-corrected chi connectivity index (χ1v) is 6.28. The summed E-state index contributed by atoms with van der Waals surface area (Å²) in [6.45, 7) is 5.80. The van der Waals surface area contributed by atoms with Crippen molar-refractivity contribution in [2.75, 3.05) is 13.1 Å². The number of hydrogen-bond acceptors (Lipinski definition) is 3. The van der Waals surface area contributed by atoms with Crippen LogP contribution < -0.4 is 5.32 Å². The summed E-state index contributed by atoms with van der Waals surface area (Å²) in [5.74, 6) is 0. The Morgan fingerprint density at radius 1 is 1.33 bits per heavy atom. The predicted octanol–water partition coefficient (Wildman–Crippen LogP) is 1.69. The van der Waals surface area contributed by atoms with E-state index in [0.717, 1.165) is 13.0 Å². The van der Waals surface area contributed by atoms with Crippen LogP contribution in [0.25, 0.3) is 0 Å². The SMILES string of the molecule is CCCCCCC(C)OC1CNCC1O. The number of ether oxygens (including phenoxy) is 1. The first-order valence-electron chi connectivity index (χ1n) is 6.28. The van der Waals surface area contributed by atoms with Gasteiger partial charge in [0.2, 0.25) is 0 Å². The smallest absolute Gasteiger partial charge is 0.0973 e. The lowest BCUT2D eigenvalue weighted by molar-refractivity contribution is -0.0491. The third kappa shape index (κ3) is 4.96. The molecule has 0 aromatic carbocycles. The molecule has 1 fully saturated rings. The van der Waals surface area contributed by atoms with Crippen molar-refractivity contribution < 1.29 is 9.84 Å². The molecule has 1 saturated heterocycles. The van der Waals surface area contributed by atoms with Crippen molar-refractivity contribution in [2.45, 2.75) is 64.3 Å². The first-order chi connectivity index (χ1) is 7.24. The van der Waals surface area contributed by atoms with Crippen molar-refractivity contribution in [3.8, 4) is 0 Å². The van der Waals surface area contributed by atoms with Crippen molar-refractivity contribution in [2.24, 2.45) is 0 Å². The molecule has 0 spiro atoms. The molecule has 3 atom stereocenters. The highest BCUT2D eigenvalue weighted by molar-refractivity contribution is 4.81. The minimum Gasteiger partial charge on any atom is -0.389 e. The van der Waals surface area contributed by atoms with Crippen LogP contribution in [-0.2, 0) is 4.74 Å². The fourth-order valence-corrected chi connectivity index (χ4v) is 2.00. The molecule has 0 aromatic rings. The van der Waals surface area contributed by atoms with Gasteiger partial charge in [0.15, 0.2) is 0 Å². The van der Waals surface area contributed by atoms with Crippen molar-refractivity contribution in [3.05, 3.63) is 0 Å². The van der Waals surface area contributed by atoms with Gasteiger partial charge in [0, 0.05) is 13.1 Å². The van der Waals surface area contributed by atoms with Crippen LogP contribution in [-0.4, -0.2) is 36.5 Å². The van der Waals surface area contributed by atoms with E-state index < -0.39 is 0 Å². The first kappa shape index (κ1) is 12.9. The summed E-state index contributed by atoms with van der Waals surface area (Å²) in [5, 5.41) is 12.7. The molecule has 1 aliphatic heterocycles. The van der Waals surface area contributed by atoms with Crippen LogP contribution in [0.4, 0.5) is 0 Å². The second-order valence-corrected chi connectivity index (χ2v) is 4.56. The summed E-state index contributed by atoms with van der Waals surface area (Å²) < 4.78 is 5.79. The standard InChI is InChI=1S/C12H25NO2/c1-3-4-5-6-7-10(2)15-12-9-13-8-11(12)14/h10-14H,3-9H2,1-2H3. The Morgan fingerprint density at radius 3 is 2.73 bits per heavy atom. The number of rotatable bonds is 7. The van der Waals surface area contributed by atoms with Gasteiger partial charge < -0.3 is 15.2 Å². The summed E-state index contributed by atoms with van der Waals surface area (Å²) in [6.07, 6.45) is 6.22. The van der Waals surface area contributed by atoms with Crippen molar-refractivity contribution in [1.82, 2.24) is 5.32 Å². The molecular formula is C12H25NO2. The fourth-order valence-electron chi connectivity index (χ4n) is 2.00. The van der Waals surface area contributed by atoms with Crippen LogP contribution in [0.3, 0.4) is 0 Å². The Labute approximate surface area is 93.2 Å². The van der Waals surface area contributed by atoms with Gasteiger partial charge in [-0.2, -0.15) is 0 Å². The van der Waals surface area contributed by atoms with Gasteiger partial charge in [-0.25, -0.2) is 0 Å². The number of unbranched alkanes of at least 4 members (excludes halogenated alkanes) is 3. The van der Waals surface area contributed by atoms with Gasteiger partial charge in [0.25, 0.3) is 0 Å². The van der Waals surface area contributed by atoms with Crippen molar-refractivity contribution in [1.29, 1.82) is 0 Å². The Kier molecular flexibility index (Phi) is 6.22. The van der Waals surface area contributed by atoms with E-state index >= 15 is 0 Å². The molecule has 1 aliphatic rings. The Bertz CT molecular complexity index is 164. The summed E-state index contributed by atoms with van der Waals surface area (Å²) in [7, 11) is 0. The van der Waals surface area contributed by atoms with E-state index in [1.165, 1.54) is 25.7 Å².